The SMILES string of the molecule is Cc1ccc(-c2nn(-c3ccccc3)cc2/C=C/C(=O)c2c(C)nc3c(C)cccn23)cc1F. The number of aryl methyl sites for hydroxylation is 3. The number of hydrogen-bond acceptors (Lipinski definition) is 3. The van der Waals surface area contributed by atoms with Gasteiger partial charge in [0, 0.05) is 23.5 Å². The number of imidazole rings is 1. The first-order chi connectivity index (χ1) is 16.4. The first-order valence-corrected chi connectivity index (χ1v) is 11.0. The molecule has 3 aromatic heterocycles. The van der Waals surface area contributed by atoms with E-state index in [1.807, 2.05) is 79.2 Å². The Morgan fingerprint density at radius 1 is 0.971 bits per heavy atom. The molecular weight excluding hydrogens is 427 g/mol. The fourth-order valence-electron chi connectivity index (χ4n) is 4.05. The first kappa shape index (κ1) is 21.5. The van der Waals surface area contributed by atoms with Crippen molar-refractivity contribution in [1.82, 2.24) is 19.2 Å². The number of ketones is 1. The van der Waals surface area contributed by atoms with E-state index in [9.17, 15) is 9.18 Å². The van der Waals surface area contributed by atoms with Gasteiger partial charge < -0.3 is 0 Å². The summed E-state index contributed by atoms with van der Waals surface area (Å²) >= 11 is 0. The van der Waals surface area contributed by atoms with Crippen LogP contribution < -0.4 is 0 Å². The normalized spacial score (nSPS) is 11.5. The van der Waals surface area contributed by atoms with Gasteiger partial charge in [-0.05, 0) is 68.3 Å². The molecule has 0 unspecified atom stereocenters. The largest absolute Gasteiger partial charge is 0.296 e. The van der Waals surface area contributed by atoms with Crippen molar-refractivity contribution in [3.05, 3.63) is 113 Å². The highest BCUT2D eigenvalue weighted by molar-refractivity contribution is 6.07. The van der Waals surface area contributed by atoms with E-state index in [1.54, 1.807) is 23.7 Å². The average molecular weight is 451 g/mol. The highest BCUT2D eigenvalue weighted by atomic mass is 19.1. The quantitative estimate of drug-likeness (QED) is 0.238. The molecule has 5 rings (SSSR count). The molecule has 0 aliphatic rings. The molecule has 0 bridgehead atoms. The predicted molar refractivity (Wildman–Crippen MR) is 132 cm³/mol. The lowest BCUT2D eigenvalue weighted by Gasteiger charge is -2.03. The Morgan fingerprint density at radius 2 is 1.76 bits per heavy atom. The third-order valence-electron chi connectivity index (χ3n) is 5.88. The Balaban J connectivity index is 1.58. The molecule has 0 amide bonds. The smallest absolute Gasteiger partial charge is 0.204 e. The molecule has 0 fully saturated rings. The number of nitrogens with zero attached hydrogens (tertiary/aromatic N) is 4. The third kappa shape index (κ3) is 3.83. The predicted octanol–water partition coefficient (Wildman–Crippen LogP) is 6.15. The molecule has 0 aliphatic carbocycles. The number of fused-ring (bicyclic) bond motifs is 1. The molecule has 6 heteroatoms. The molecule has 168 valence electrons. The number of benzene rings is 2. The van der Waals surface area contributed by atoms with Gasteiger partial charge in [-0.1, -0.05) is 36.4 Å². The minimum atomic E-state index is -0.297. The summed E-state index contributed by atoms with van der Waals surface area (Å²) in [6.45, 7) is 5.53. The molecule has 0 atom stereocenters. The number of aromatic nitrogens is 4. The molecule has 0 aliphatic heterocycles. The molecule has 2 aromatic carbocycles. The van der Waals surface area contributed by atoms with E-state index < -0.39 is 0 Å². The molecule has 5 nitrogen and oxygen atoms in total. The van der Waals surface area contributed by atoms with Crippen LogP contribution >= 0.6 is 0 Å². The van der Waals surface area contributed by atoms with Crippen LogP contribution in [-0.4, -0.2) is 24.9 Å². The van der Waals surface area contributed by atoms with Crippen LogP contribution in [0.2, 0.25) is 0 Å². The van der Waals surface area contributed by atoms with Gasteiger partial charge in [-0.25, -0.2) is 14.1 Å². The van der Waals surface area contributed by atoms with Crippen LogP contribution in [0.3, 0.4) is 0 Å². The second-order valence-electron chi connectivity index (χ2n) is 8.31. The van der Waals surface area contributed by atoms with Gasteiger partial charge in [0.25, 0.3) is 0 Å². The number of carbonyl (C=O) groups excluding carboxylic acids is 1. The van der Waals surface area contributed by atoms with Crippen molar-refractivity contribution in [2.24, 2.45) is 0 Å². The van der Waals surface area contributed by atoms with Gasteiger partial charge in [-0.3, -0.25) is 9.20 Å². The van der Waals surface area contributed by atoms with Gasteiger partial charge in [0.2, 0.25) is 5.78 Å². The molecular formula is C28H23FN4O. The maximum atomic E-state index is 14.3. The van der Waals surface area contributed by atoms with E-state index in [4.69, 9.17) is 5.10 Å². The van der Waals surface area contributed by atoms with Crippen LogP contribution in [0, 0.1) is 26.6 Å². The molecule has 0 radical (unpaired) electrons. The molecule has 0 saturated heterocycles. The van der Waals surface area contributed by atoms with Crippen molar-refractivity contribution in [1.29, 1.82) is 0 Å². The Morgan fingerprint density at radius 3 is 2.53 bits per heavy atom. The molecule has 3 heterocycles. The topological polar surface area (TPSA) is 52.2 Å². The lowest BCUT2D eigenvalue weighted by molar-refractivity contribution is 0.104. The van der Waals surface area contributed by atoms with Crippen LogP contribution in [0.4, 0.5) is 4.39 Å². The van der Waals surface area contributed by atoms with Crippen molar-refractivity contribution in [2.45, 2.75) is 20.8 Å². The number of pyridine rings is 1. The molecule has 5 aromatic rings. The standard InChI is InChI=1S/C28H23FN4O/c1-18-11-12-21(16-24(18)29)26-22(17-33(31-26)23-9-5-4-6-10-23)13-14-25(34)27-20(3)30-28-19(2)8-7-15-32(27)28/h4-17H,1-3H3/b14-13+. The van der Waals surface area contributed by atoms with Gasteiger partial charge in [0.05, 0.1) is 11.4 Å². The second kappa shape index (κ2) is 8.56. The fourth-order valence-corrected chi connectivity index (χ4v) is 4.05. The average Bonchev–Trinajstić information content (AvgIpc) is 3.41. The zero-order chi connectivity index (χ0) is 23.8. The number of hydrogen-bond donors (Lipinski definition) is 0. The second-order valence-corrected chi connectivity index (χ2v) is 8.31. The minimum Gasteiger partial charge on any atom is -0.296 e. The van der Waals surface area contributed by atoms with Crippen molar-refractivity contribution in [2.75, 3.05) is 0 Å². The summed E-state index contributed by atoms with van der Waals surface area (Å²) in [6, 6.07) is 18.6. The van der Waals surface area contributed by atoms with E-state index in [0.29, 0.717) is 33.8 Å². The Bertz CT molecular complexity index is 1560. The van der Waals surface area contributed by atoms with E-state index in [2.05, 4.69) is 4.98 Å². The van der Waals surface area contributed by atoms with Crippen molar-refractivity contribution < 1.29 is 9.18 Å². The van der Waals surface area contributed by atoms with Crippen LogP contribution in [0.15, 0.2) is 79.1 Å². The maximum Gasteiger partial charge on any atom is 0.204 e. The van der Waals surface area contributed by atoms with Crippen LogP contribution in [0.5, 0.6) is 0 Å². The van der Waals surface area contributed by atoms with E-state index >= 15 is 0 Å². The van der Waals surface area contributed by atoms with Gasteiger partial charge in [0.15, 0.2) is 0 Å². The minimum absolute atomic E-state index is 0.163. The van der Waals surface area contributed by atoms with Crippen molar-refractivity contribution >= 4 is 17.5 Å². The third-order valence-corrected chi connectivity index (χ3v) is 5.88. The number of rotatable bonds is 5. The number of para-hydroxylation sites is 1. The van der Waals surface area contributed by atoms with E-state index in [1.165, 1.54) is 12.1 Å². The van der Waals surface area contributed by atoms with Crippen LogP contribution in [0.1, 0.15) is 32.9 Å². The zero-order valence-electron chi connectivity index (χ0n) is 19.2. The molecule has 0 saturated carbocycles. The van der Waals surface area contributed by atoms with Gasteiger partial charge >= 0.3 is 0 Å². The highest BCUT2D eigenvalue weighted by Gasteiger charge is 2.17. The lowest BCUT2D eigenvalue weighted by Crippen LogP contribution is -2.02. The zero-order valence-corrected chi connectivity index (χ0v) is 19.2. The summed E-state index contributed by atoms with van der Waals surface area (Å²) in [5, 5.41) is 4.71. The summed E-state index contributed by atoms with van der Waals surface area (Å²) in [5.74, 6) is -0.460. The maximum absolute atomic E-state index is 14.3. The fraction of sp³-hybridized carbons (Fsp3) is 0.107. The number of allylic oxidation sites excluding steroid dienone is 1. The molecule has 34 heavy (non-hydrogen) atoms. The lowest BCUT2D eigenvalue weighted by atomic mass is 10.1. The first-order valence-electron chi connectivity index (χ1n) is 11.0. The van der Waals surface area contributed by atoms with E-state index in [-0.39, 0.29) is 11.6 Å². The molecule has 0 N–H and O–H groups in total. The summed E-state index contributed by atoms with van der Waals surface area (Å²) in [7, 11) is 0. The van der Waals surface area contributed by atoms with Crippen molar-refractivity contribution in [3.8, 4) is 16.9 Å². The van der Waals surface area contributed by atoms with Crippen molar-refractivity contribution in [3.63, 3.8) is 0 Å². The van der Waals surface area contributed by atoms with Crippen LogP contribution in [-0.2, 0) is 0 Å². The molecule has 0 spiro atoms. The van der Waals surface area contributed by atoms with Crippen LogP contribution in [0.25, 0.3) is 28.7 Å². The number of halogens is 1. The Kier molecular flexibility index (Phi) is 5.42. The summed E-state index contributed by atoms with van der Waals surface area (Å²) in [4.78, 5) is 17.8. The summed E-state index contributed by atoms with van der Waals surface area (Å²) < 4.78 is 17.9. The number of carbonyl (C=O) groups is 1. The highest BCUT2D eigenvalue weighted by Crippen LogP contribution is 2.27. The van der Waals surface area contributed by atoms with Gasteiger partial charge in [-0.15, -0.1) is 0 Å². The van der Waals surface area contributed by atoms with Gasteiger partial charge in [0.1, 0.15) is 22.9 Å². The summed E-state index contributed by atoms with van der Waals surface area (Å²) in [5.41, 5.74) is 6.35. The monoisotopic (exact) mass is 450 g/mol. The Labute approximate surface area is 196 Å². The van der Waals surface area contributed by atoms with E-state index in [0.717, 1.165) is 16.9 Å². The summed E-state index contributed by atoms with van der Waals surface area (Å²) in [6.07, 6.45) is 6.95. The Hall–Kier alpha value is -4.32. The van der Waals surface area contributed by atoms with Gasteiger partial charge in [-0.2, -0.15) is 5.10 Å².